The van der Waals surface area contributed by atoms with Crippen LogP contribution in [0.2, 0.25) is 0 Å². The summed E-state index contributed by atoms with van der Waals surface area (Å²) in [6, 6.07) is 10.7. The Morgan fingerprint density at radius 2 is 1.82 bits per heavy atom. The van der Waals surface area contributed by atoms with E-state index in [2.05, 4.69) is 39.0 Å². The number of hydrogen-bond acceptors (Lipinski definition) is 6. The van der Waals surface area contributed by atoms with Gasteiger partial charge in [-0.25, -0.2) is 18.4 Å². The average molecular weight is 533 g/mol. The van der Waals surface area contributed by atoms with Gasteiger partial charge < -0.3 is 10.0 Å². The van der Waals surface area contributed by atoms with Crippen molar-refractivity contribution < 1.29 is 27.1 Å². The van der Waals surface area contributed by atoms with Gasteiger partial charge >= 0.3 is 6.18 Å². The topological polar surface area (TPSA) is 70.3 Å². The lowest BCUT2D eigenvalue weighted by Gasteiger charge is -2.41. The van der Waals surface area contributed by atoms with E-state index < -0.39 is 34.7 Å². The highest BCUT2D eigenvalue weighted by atomic mass is 19.4. The van der Waals surface area contributed by atoms with Crippen molar-refractivity contribution in [2.24, 2.45) is 7.05 Å². The summed E-state index contributed by atoms with van der Waals surface area (Å²) in [4.78, 5) is 13.5. The van der Waals surface area contributed by atoms with Gasteiger partial charge in [0.15, 0.2) is 23.0 Å². The first kappa shape index (κ1) is 25.8. The number of aryl methyl sites for hydroxylation is 1. The van der Waals surface area contributed by atoms with Gasteiger partial charge in [0, 0.05) is 44.5 Å². The van der Waals surface area contributed by atoms with Crippen molar-refractivity contribution in [1.29, 1.82) is 0 Å². The maximum absolute atomic E-state index is 14.8. The molecule has 0 saturated carbocycles. The first-order valence-electron chi connectivity index (χ1n) is 12.1. The molecule has 1 fully saturated rings. The van der Waals surface area contributed by atoms with E-state index in [9.17, 15) is 27.1 Å². The van der Waals surface area contributed by atoms with Crippen molar-refractivity contribution in [3.05, 3.63) is 65.4 Å². The first-order valence-corrected chi connectivity index (χ1v) is 12.1. The Morgan fingerprint density at radius 3 is 2.50 bits per heavy atom. The molecule has 1 aliphatic heterocycles. The second kappa shape index (κ2) is 9.82. The van der Waals surface area contributed by atoms with Crippen LogP contribution in [0.5, 0.6) is 5.75 Å². The molecule has 2 aromatic carbocycles. The minimum absolute atomic E-state index is 0.169. The number of likely N-dealkylation sites (N-methyl/N-ethyl adjacent to an activating group) is 1. The maximum atomic E-state index is 14.8. The van der Waals surface area contributed by atoms with Gasteiger partial charge in [-0.15, -0.1) is 0 Å². The van der Waals surface area contributed by atoms with Crippen molar-refractivity contribution in [1.82, 2.24) is 24.6 Å². The molecule has 12 heteroatoms. The van der Waals surface area contributed by atoms with Crippen molar-refractivity contribution in [3.8, 4) is 17.0 Å². The molecule has 0 spiro atoms. The van der Waals surface area contributed by atoms with Gasteiger partial charge in [-0.1, -0.05) is 37.3 Å². The van der Waals surface area contributed by atoms with Crippen molar-refractivity contribution in [2.75, 3.05) is 31.1 Å². The maximum Gasteiger partial charge on any atom is 0.419 e. The number of aromatic nitrogens is 4. The quantitative estimate of drug-likeness (QED) is 0.373. The van der Waals surface area contributed by atoms with Crippen LogP contribution in [0.1, 0.15) is 18.1 Å². The third-order valence-corrected chi connectivity index (χ3v) is 6.91. The number of nitrogens with zero attached hydrogens (tertiary/aromatic N) is 6. The summed E-state index contributed by atoms with van der Waals surface area (Å²) in [5.74, 6) is -4.92. The van der Waals surface area contributed by atoms with Crippen LogP contribution in [0.3, 0.4) is 0 Å². The monoisotopic (exact) mass is 532 g/mol. The molecule has 0 aliphatic carbocycles. The second-order valence-corrected chi connectivity index (χ2v) is 9.24. The number of hydrogen-bond donors (Lipinski definition) is 1. The number of piperazine rings is 1. The third-order valence-electron chi connectivity index (χ3n) is 6.91. The Kier molecular flexibility index (Phi) is 6.68. The summed E-state index contributed by atoms with van der Waals surface area (Å²) in [6.07, 6.45) is -2.93. The van der Waals surface area contributed by atoms with E-state index in [1.807, 2.05) is 23.1 Å². The fraction of sp³-hybridized carbons (Fsp3) is 0.346. The number of aromatic hydroxyl groups is 1. The van der Waals surface area contributed by atoms with Crippen LogP contribution in [0.15, 0.2) is 42.6 Å². The highest BCUT2D eigenvalue weighted by molar-refractivity contribution is 5.91. The van der Waals surface area contributed by atoms with E-state index >= 15 is 0 Å². The van der Waals surface area contributed by atoms with Crippen LogP contribution in [0, 0.1) is 11.6 Å². The number of fused-ring (bicyclic) bond motifs is 1. The first-order chi connectivity index (χ1) is 18.1. The number of phenolic OH excluding ortho intramolecular Hbond substituents is 1. The lowest BCUT2D eigenvalue weighted by molar-refractivity contribution is -0.140. The molecular formula is C26H25F5N6O. The molecule has 0 radical (unpaired) electrons. The number of benzene rings is 2. The van der Waals surface area contributed by atoms with Crippen LogP contribution < -0.4 is 4.90 Å². The molecule has 1 saturated heterocycles. The summed E-state index contributed by atoms with van der Waals surface area (Å²) in [6.45, 7) is 5.14. The number of alkyl halides is 3. The van der Waals surface area contributed by atoms with E-state index in [0.717, 1.165) is 19.5 Å². The molecule has 1 atom stereocenters. The largest absolute Gasteiger partial charge is 0.503 e. The van der Waals surface area contributed by atoms with Crippen molar-refractivity contribution in [2.45, 2.75) is 25.6 Å². The Bertz CT molecular complexity index is 1470. The van der Waals surface area contributed by atoms with Gasteiger partial charge in [-0.2, -0.15) is 23.3 Å². The van der Waals surface area contributed by atoms with E-state index in [1.54, 1.807) is 0 Å². The number of phenols is 1. The summed E-state index contributed by atoms with van der Waals surface area (Å²) in [7, 11) is 1.52. The molecule has 0 amide bonds. The summed E-state index contributed by atoms with van der Waals surface area (Å²) < 4.78 is 70.0. The number of rotatable bonds is 5. The fourth-order valence-electron chi connectivity index (χ4n) is 4.95. The molecule has 0 bridgehead atoms. The molecule has 5 rings (SSSR count). The van der Waals surface area contributed by atoms with Crippen LogP contribution in [0.25, 0.3) is 22.3 Å². The Hall–Kier alpha value is -3.80. The molecule has 0 unspecified atom stereocenters. The highest BCUT2D eigenvalue weighted by Crippen LogP contribution is 2.41. The Morgan fingerprint density at radius 1 is 1.08 bits per heavy atom. The smallest absolute Gasteiger partial charge is 0.419 e. The summed E-state index contributed by atoms with van der Waals surface area (Å²) in [5.41, 5.74) is -1.24. The fourth-order valence-corrected chi connectivity index (χ4v) is 4.95. The van der Waals surface area contributed by atoms with Gasteiger partial charge in [0.25, 0.3) is 0 Å². The second-order valence-electron chi connectivity index (χ2n) is 9.24. The normalized spacial score (nSPS) is 16.9. The van der Waals surface area contributed by atoms with E-state index in [-0.39, 0.29) is 22.8 Å². The van der Waals surface area contributed by atoms with Gasteiger partial charge in [-0.3, -0.25) is 4.90 Å². The predicted molar refractivity (Wildman–Crippen MR) is 132 cm³/mol. The molecule has 1 N–H and O–H groups in total. The lowest BCUT2D eigenvalue weighted by Crippen LogP contribution is -2.54. The SMILES string of the molecule is CCN1CCN(c2ncc3c(-c4cc(C(F)(F)F)c(F)c(O)c4F)nn(C)c3n2)C[C@@H]1Cc1ccccc1. The molecule has 4 aromatic rings. The summed E-state index contributed by atoms with van der Waals surface area (Å²) in [5, 5.41) is 14.0. The zero-order valence-electron chi connectivity index (χ0n) is 20.7. The molecule has 3 heterocycles. The molecule has 200 valence electrons. The Balaban J connectivity index is 1.50. The van der Waals surface area contributed by atoms with Crippen LogP contribution >= 0.6 is 0 Å². The Labute approximate surface area is 215 Å². The molecule has 2 aromatic heterocycles. The van der Waals surface area contributed by atoms with Crippen LogP contribution in [0.4, 0.5) is 27.9 Å². The molecule has 7 nitrogen and oxygen atoms in total. The minimum Gasteiger partial charge on any atom is -0.503 e. The number of halogens is 5. The van der Waals surface area contributed by atoms with Gasteiger partial charge in [-0.05, 0) is 24.6 Å². The predicted octanol–water partition coefficient (Wildman–Crippen LogP) is 4.79. The standard InChI is InChI=1S/C26H25F5N6O/c1-3-36-9-10-37(14-16(36)11-15-7-5-4-6-8-15)25-32-13-18-22(34-35(2)24(18)33-25)17-12-19(26(29,30)31)21(28)23(38)20(17)27/h4-8,12-13,16,38H,3,9-11,14H2,1-2H3/t16-/m0/s1. The third kappa shape index (κ3) is 4.64. The molecule has 1 aliphatic rings. The van der Waals surface area contributed by atoms with E-state index in [1.165, 1.54) is 23.5 Å². The molecular weight excluding hydrogens is 507 g/mol. The van der Waals surface area contributed by atoms with Crippen LogP contribution in [-0.4, -0.2) is 62.0 Å². The van der Waals surface area contributed by atoms with E-state index in [0.29, 0.717) is 25.1 Å². The van der Waals surface area contributed by atoms with Gasteiger partial charge in [0.2, 0.25) is 5.95 Å². The van der Waals surface area contributed by atoms with E-state index in [4.69, 9.17) is 0 Å². The van der Waals surface area contributed by atoms with Gasteiger partial charge in [0.1, 0.15) is 5.69 Å². The minimum atomic E-state index is -5.14. The average Bonchev–Trinajstić information content (AvgIpc) is 3.22. The van der Waals surface area contributed by atoms with Crippen molar-refractivity contribution >= 4 is 17.0 Å². The van der Waals surface area contributed by atoms with Gasteiger partial charge in [0.05, 0.1) is 10.9 Å². The lowest BCUT2D eigenvalue weighted by atomic mass is 10.0. The van der Waals surface area contributed by atoms with Crippen LogP contribution in [-0.2, 0) is 19.6 Å². The zero-order valence-corrected chi connectivity index (χ0v) is 20.7. The number of anilines is 1. The molecule has 38 heavy (non-hydrogen) atoms. The zero-order chi connectivity index (χ0) is 27.2. The highest BCUT2D eigenvalue weighted by Gasteiger charge is 2.38. The van der Waals surface area contributed by atoms with Crippen molar-refractivity contribution in [3.63, 3.8) is 0 Å². The summed E-state index contributed by atoms with van der Waals surface area (Å²) >= 11 is 0.